The highest BCUT2D eigenvalue weighted by Crippen LogP contribution is 2.26. The SMILES string of the molecule is Cc1ccc(-c2cc(C(=O)N(Cc3ccc(Cl)cc3)[C@@H]3CCS(=O)(=O)C3)no2)cc1F. The van der Waals surface area contributed by atoms with Crippen molar-refractivity contribution in [2.75, 3.05) is 11.5 Å². The maximum atomic E-state index is 13.9. The Morgan fingerprint density at radius 1 is 1.23 bits per heavy atom. The molecule has 1 amide bonds. The quantitative estimate of drug-likeness (QED) is 0.565. The third-order valence-corrected chi connectivity index (χ3v) is 7.36. The lowest BCUT2D eigenvalue weighted by Crippen LogP contribution is -2.40. The Labute approximate surface area is 184 Å². The first kappa shape index (κ1) is 21.5. The maximum Gasteiger partial charge on any atom is 0.276 e. The van der Waals surface area contributed by atoms with Crippen molar-refractivity contribution in [1.82, 2.24) is 10.1 Å². The lowest BCUT2D eigenvalue weighted by atomic mass is 10.1. The molecule has 0 aliphatic carbocycles. The van der Waals surface area contributed by atoms with Crippen molar-refractivity contribution in [3.63, 3.8) is 0 Å². The predicted molar refractivity (Wildman–Crippen MR) is 115 cm³/mol. The van der Waals surface area contributed by atoms with Crippen LogP contribution >= 0.6 is 11.6 Å². The lowest BCUT2D eigenvalue weighted by Gasteiger charge is -2.27. The van der Waals surface area contributed by atoms with Crippen LogP contribution in [0, 0.1) is 12.7 Å². The van der Waals surface area contributed by atoms with Gasteiger partial charge >= 0.3 is 0 Å². The van der Waals surface area contributed by atoms with E-state index in [1.54, 1.807) is 43.3 Å². The topological polar surface area (TPSA) is 80.5 Å². The van der Waals surface area contributed by atoms with Gasteiger partial charge in [0, 0.05) is 29.2 Å². The Hall–Kier alpha value is -2.71. The highest BCUT2D eigenvalue weighted by atomic mass is 35.5. The molecule has 0 unspecified atom stereocenters. The average molecular weight is 463 g/mol. The first-order valence-electron chi connectivity index (χ1n) is 9.71. The summed E-state index contributed by atoms with van der Waals surface area (Å²) < 4.78 is 43.2. The van der Waals surface area contributed by atoms with E-state index in [0.29, 0.717) is 22.6 Å². The fourth-order valence-corrected chi connectivity index (χ4v) is 5.44. The number of hydrogen-bond donors (Lipinski definition) is 0. The van der Waals surface area contributed by atoms with Gasteiger partial charge < -0.3 is 9.42 Å². The number of aryl methyl sites for hydroxylation is 1. The van der Waals surface area contributed by atoms with Crippen LogP contribution in [0.2, 0.25) is 5.02 Å². The molecule has 1 fully saturated rings. The Kier molecular flexibility index (Phi) is 5.85. The standard InChI is InChI=1S/C22H20ClFN2O4S/c1-14-2-5-16(10-19(14)24)21-11-20(25-30-21)22(27)26(18-8-9-31(28,29)13-18)12-15-3-6-17(23)7-4-15/h2-7,10-11,18H,8-9,12-13H2,1H3/t18-/m1/s1. The molecule has 3 aromatic rings. The van der Waals surface area contributed by atoms with Crippen molar-refractivity contribution in [3.05, 3.63) is 76.2 Å². The highest BCUT2D eigenvalue weighted by molar-refractivity contribution is 7.91. The summed E-state index contributed by atoms with van der Waals surface area (Å²) in [4.78, 5) is 14.8. The molecule has 4 rings (SSSR count). The molecule has 0 saturated carbocycles. The molecule has 0 N–H and O–H groups in total. The average Bonchev–Trinajstić information content (AvgIpc) is 3.36. The van der Waals surface area contributed by atoms with Crippen LogP contribution in [-0.4, -0.2) is 41.9 Å². The number of sulfone groups is 1. The van der Waals surface area contributed by atoms with Gasteiger partial charge in [0.05, 0.1) is 11.5 Å². The third kappa shape index (κ3) is 4.80. The summed E-state index contributed by atoms with van der Waals surface area (Å²) in [6, 6.07) is 12.6. The van der Waals surface area contributed by atoms with Crippen LogP contribution in [-0.2, 0) is 16.4 Å². The van der Waals surface area contributed by atoms with Gasteiger partial charge in [-0.05, 0) is 42.7 Å². The second kappa shape index (κ2) is 8.43. The van der Waals surface area contributed by atoms with E-state index in [2.05, 4.69) is 5.16 Å². The second-order valence-electron chi connectivity index (χ2n) is 7.66. The molecule has 0 bridgehead atoms. The van der Waals surface area contributed by atoms with Crippen LogP contribution in [0.3, 0.4) is 0 Å². The molecule has 162 valence electrons. The third-order valence-electron chi connectivity index (χ3n) is 5.36. The van der Waals surface area contributed by atoms with E-state index in [1.807, 2.05) is 0 Å². The Morgan fingerprint density at radius 3 is 2.61 bits per heavy atom. The molecule has 0 spiro atoms. The van der Waals surface area contributed by atoms with Crippen molar-refractivity contribution < 1.29 is 22.1 Å². The molecule has 2 aromatic carbocycles. The maximum absolute atomic E-state index is 13.9. The van der Waals surface area contributed by atoms with Crippen LogP contribution < -0.4 is 0 Å². The molecule has 1 aromatic heterocycles. The van der Waals surface area contributed by atoms with Gasteiger partial charge in [0.1, 0.15) is 5.82 Å². The fourth-order valence-electron chi connectivity index (χ4n) is 3.58. The Balaban J connectivity index is 1.63. The van der Waals surface area contributed by atoms with Crippen LogP contribution in [0.1, 0.15) is 28.0 Å². The molecule has 6 nitrogen and oxygen atoms in total. The number of carbonyl (C=O) groups excluding carboxylic acids is 1. The van der Waals surface area contributed by atoms with Gasteiger partial charge in [0.15, 0.2) is 21.3 Å². The number of amides is 1. The Morgan fingerprint density at radius 2 is 1.97 bits per heavy atom. The van der Waals surface area contributed by atoms with Gasteiger partial charge in [0.2, 0.25) is 0 Å². The van der Waals surface area contributed by atoms with Crippen molar-refractivity contribution in [2.24, 2.45) is 0 Å². The van der Waals surface area contributed by atoms with Gasteiger partial charge in [-0.15, -0.1) is 0 Å². The van der Waals surface area contributed by atoms with E-state index < -0.39 is 21.8 Å². The number of rotatable bonds is 5. The summed E-state index contributed by atoms with van der Waals surface area (Å²) in [6.07, 6.45) is 0.357. The van der Waals surface area contributed by atoms with E-state index >= 15 is 0 Å². The minimum atomic E-state index is -3.20. The minimum absolute atomic E-state index is 0.0363. The summed E-state index contributed by atoms with van der Waals surface area (Å²) in [6.45, 7) is 1.86. The van der Waals surface area contributed by atoms with Crippen molar-refractivity contribution in [3.8, 4) is 11.3 Å². The molecular weight excluding hydrogens is 443 g/mol. The van der Waals surface area contributed by atoms with Gasteiger partial charge in [-0.2, -0.15) is 0 Å². The van der Waals surface area contributed by atoms with Crippen LogP contribution in [0.4, 0.5) is 4.39 Å². The van der Waals surface area contributed by atoms with Crippen LogP contribution in [0.5, 0.6) is 0 Å². The summed E-state index contributed by atoms with van der Waals surface area (Å²) in [5.74, 6) is -0.635. The smallest absolute Gasteiger partial charge is 0.276 e. The number of halogens is 2. The molecule has 1 aliphatic rings. The highest BCUT2D eigenvalue weighted by Gasteiger charge is 2.36. The number of aromatic nitrogens is 1. The van der Waals surface area contributed by atoms with Gasteiger partial charge in [-0.3, -0.25) is 4.79 Å². The zero-order valence-corrected chi connectivity index (χ0v) is 18.3. The lowest BCUT2D eigenvalue weighted by molar-refractivity contribution is 0.0670. The molecule has 1 atom stereocenters. The molecule has 1 aliphatic heterocycles. The number of benzene rings is 2. The van der Waals surface area contributed by atoms with E-state index in [1.165, 1.54) is 17.0 Å². The van der Waals surface area contributed by atoms with Gasteiger partial charge in [-0.25, -0.2) is 12.8 Å². The predicted octanol–water partition coefficient (Wildman–Crippen LogP) is 4.27. The van der Waals surface area contributed by atoms with E-state index in [4.69, 9.17) is 16.1 Å². The summed E-state index contributed by atoms with van der Waals surface area (Å²) in [5.41, 5.74) is 1.80. The molecular formula is C22H20ClFN2O4S. The first-order valence-corrected chi connectivity index (χ1v) is 11.9. The van der Waals surface area contributed by atoms with Crippen LogP contribution in [0.15, 0.2) is 53.1 Å². The monoisotopic (exact) mass is 462 g/mol. The summed E-state index contributed by atoms with van der Waals surface area (Å²) >= 11 is 5.94. The van der Waals surface area contributed by atoms with Crippen molar-refractivity contribution >= 4 is 27.3 Å². The zero-order valence-electron chi connectivity index (χ0n) is 16.7. The largest absolute Gasteiger partial charge is 0.355 e. The summed E-state index contributed by atoms with van der Waals surface area (Å²) in [7, 11) is -3.20. The fraction of sp³-hybridized carbons (Fsp3) is 0.273. The summed E-state index contributed by atoms with van der Waals surface area (Å²) in [5, 5.41) is 4.44. The number of carbonyl (C=O) groups is 1. The van der Waals surface area contributed by atoms with Gasteiger partial charge in [-0.1, -0.05) is 41.0 Å². The van der Waals surface area contributed by atoms with Crippen LogP contribution in [0.25, 0.3) is 11.3 Å². The molecule has 9 heteroatoms. The van der Waals surface area contributed by atoms with E-state index in [9.17, 15) is 17.6 Å². The molecule has 2 heterocycles. The second-order valence-corrected chi connectivity index (χ2v) is 10.3. The Bertz CT molecular complexity index is 1220. The van der Waals surface area contributed by atoms with E-state index in [0.717, 1.165) is 5.56 Å². The van der Waals surface area contributed by atoms with Crippen molar-refractivity contribution in [2.45, 2.75) is 25.9 Å². The van der Waals surface area contributed by atoms with Gasteiger partial charge in [0.25, 0.3) is 5.91 Å². The number of nitrogens with zero attached hydrogens (tertiary/aromatic N) is 2. The minimum Gasteiger partial charge on any atom is -0.355 e. The first-order chi connectivity index (χ1) is 14.7. The molecule has 1 saturated heterocycles. The van der Waals surface area contributed by atoms with E-state index in [-0.39, 0.29) is 35.3 Å². The normalized spacial score (nSPS) is 17.6. The zero-order chi connectivity index (χ0) is 22.2. The molecule has 31 heavy (non-hydrogen) atoms. The number of hydrogen-bond acceptors (Lipinski definition) is 5. The molecule has 0 radical (unpaired) electrons. The van der Waals surface area contributed by atoms with Crippen molar-refractivity contribution in [1.29, 1.82) is 0 Å².